The minimum absolute atomic E-state index is 0.513. The summed E-state index contributed by atoms with van der Waals surface area (Å²) in [6.07, 6.45) is 2.37. The van der Waals surface area contributed by atoms with Gasteiger partial charge in [-0.05, 0) is 19.8 Å². The van der Waals surface area contributed by atoms with Crippen molar-refractivity contribution >= 4 is 0 Å². The first kappa shape index (κ1) is 7.29. The fourth-order valence-electron chi connectivity index (χ4n) is 1.39. The Bertz CT molecular complexity index is 329. The second kappa shape index (κ2) is 2.59. The molecule has 0 amide bonds. The average molecular weight is 162 g/mol. The van der Waals surface area contributed by atoms with Crippen LogP contribution in [0.2, 0.25) is 0 Å². The minimum atomic E-state index is 0.513. The average Bonchev–Trinajstić information content (AvgIpc) is 2.85. The summed E-state index contributed by atoms with van der Waals surface area (Å²) in [5, 5.41) is 16.5. The molecular weight excluding hydrogens is 152 g/mol. The third-order valence-electron chi connectivity index (χ3n) is 2.14. The van der Waals surface area contributed by atoms with Crippen LogP contribution in [0.4, 0.5) is 0 Å². The Hall–Kier alpha value is -1.37. The Balaban J connectivity index is 2.44. The highest BCUT2D eigenvalue weighted by Crippen LogP contribution is 2.40. The lowest BCUT2D eigenvalue weighted by atomic mass is 10.2. The molecule has 0 unspecified atom stereocenters. The van der Waals surface area contributed by atoms with Crippen molar-refractivity contribution in [2.75, 3.05) is 0 Å². The van der Waals surface area contributed by atoms with Gasteiger partial charge >= 0.3 is 0 Å². The van der Waals surface area contributed by atoms with Crippen molar-refractivity contribution in [2.45, 2.75) is 32.2 Å². The summed E-state index contributed by atoms with van der Waals surface area (Å²) in [5.74, 6) is 0.551. The summed E-state index contributed by atoms with van der Waals surface area (Å²) in [4.78, 5) is 0. The van der Waals surface area contributed by atoms with E-state index in [0.29, 0.717) is 11.6 Å². The van der Waals surface area contributed by atoms with Crippen LogP contribution >= 0.6 is 0 Å². The number of rotatable bonds is 2. The molecule has 0 spiro atoms. The molecule has 1 fully saturated rings. The Morgan fingerprint density at radius 1 is 1.67 bits per heavy atom. The van der Waals surface area contributed by atoms with Crippen LogP contribution in [0, 0.1) is 11.3 Å². The molecule has 1 aromatic heterocycles. The van der Waals surface area contributed by atoms with Gasteiger partial charge in [0.2, 0.25) is 0 Å². The van der Waals surface area contributed by atoms with Crippen LogP contribution in [0.1, 0.15) is 37.1 Å². The lowest BCUT2D eigenvalue weighted by Crippen LogP contribution is -2.01. The standard InChI is InChI=1S/C8H10N4/c1-2-12-8(6-3-4-6)7(5-9)10-11-12/h6H,2-4H2,1H3. The van der Waals surface area contributed by atoms with Crippen molar-refractivity contribution < 1.29 is 0 Å². The molecule has 1 heterocycles. The topological polar surface area (TPSA) is 54.5 Å². The Kier molecular flexibility index (Phi) is 1.58. The van der Waals surface area contributed by atoms with Crippen LogP contribution in [0.15, 0.2) is 0 Å². The maximum Gasteiger partial charge on any atom is 0.186 e. The van der Waals surface area contributed by atoms with Gasteiger partial charge in [0, 0.05) is 12.5 Å². The number of aromatic nitrogens is 3. The Morgan fingerprint density at radius 2 is 2.42 bits per heavy atom. The summed E-state index contributed by atoms with van der Waals surface area (Å²) < 4.78 is 1.83. The molecule has 0 aromatic carbocycles. The molecule has 0 N–H and O–H groups in total. The smallest absolute Gasteiger partial charge is 0.186 e. The summed E-state index contributed by atoms with van der Waals surface area (Å²) in [5.41, 5.74) is 1.55. The van der Waals surface area contributed by atoms with E-state index in [2.05, 4.69) is 16.4 Å². The number of nitriles is 1. The van der Waals surface area contributed by atoms with Crippen LogP contribution in [-0.2, 0) is 6.54 Å². The van der Waals surface area contributed by atoms with Crippen molar-refractivity contribution in [1.29, 1.82) is 5.26 Å². The molecule has 0 bridgehead atoms. The fraction of sp³-hybridized carbons (Fsp3) is 0.625. The van der Waals surface area contributed by atoms with Gasteiger partial charge in [-0.2, -0.15) is 5.26 Å². The molecule has 1 aromatic rings. The van der Waals surface area contributed by atoms with E-state index in [1.165, 1.54) is 12.8 Å². The van der Waals surface area contributed by atoms with Crippen LogP contribution in [0.25, 0.3) is 0 Å². The van der Waals surface area contributed by atoms with Gasteiger partial charge in [-0.1, -0.05) is 5.21 Å². The van der Waals surface area contributed by atoms with Crippen LogP contribution < -0.4 is 0 Å². The summed E-state index contributed by atoms with van der Waals surface area (Å²) in [6, 6.07) is 2.08. The van der Waals surface area contributed by atoms with Crippen LogP contribution in [-0.4, -0.2) is 15.0 Å². The van der Waals surface area contributed by atoms with Gasteiger partial charge in [0.1, 0.15) is 6.07 Å². The van der Waals surface area contributed by atoms with E-state index in [4.69, 9.17) is 5.26 Å². The lowest BCUT2D eigenvalue weighted by Gasteiger charge is -1.99. The molecule has 1 aliphatic carbocycles. The molecule has 0 aliphatic heterocycles. The van der Waals surface area contributed by atoms with E-state index >= 15 is 0 Å². The van der Waals surface area contributed by atoms with Crippen molar-refractivity contribution in [1.82, 2.24) is 15.0 Å². The molecule has 62 valence electrons. The molecule has 1 aliphatic rings. The SMILES string of the molecule is CCn1nnc(C#N)c1C1CC1. The molecule has 2 rings (SSSR count). The molecular formula is C8H10N4. The van der Waals surface area contributed by atoms with Gasteiger partial charge in [0.05, 0.1) is 5.69 Å². The second-order valence-corrected chi connectivity index (χ2v) is 3.03. The first-order valence-electron chi connectivity index (χ1n) is 4.20. The molecule has 12 heavy (non-hydrogen) atoms. The Labute approximate surface area is 70.8 Å². The molecule has 4 heteroatoms. The largest absolute Gasteiger partial charge is 0.248 e. The highest BCUT2D eigenvalue weighted by atomic mass is 15.4. The van der Waals surface area contributed by atoms with E-state index < -0.39 is 0 Å². The van der Waals surface area contributed by atoms with Crippen LogP contribution in [0.3, 0.4) is 0 Å². The first-order chi connectivity index (χ1) is 5.86. The van der Waals surface area contributed by atoms with E-state index in [1.807, 2.05) is 11.6 Å². The zero-order valence-electron chi connectivity index (χ0n) is 6.99. The monoisotopic (exact) mass is 162 g/mol. The van der Waals surface area contributed by atoms with Crippen LogP contribution in [0.5, 0.6) is 0 Å². The predicted molar refractivity (Wildman–Crippen MR) is 42.4 cm³/mol. The third-order valence-corrected chi connectivity index (χ3v) is 2.14. The van der Waals surface area contributed by atoms with Gasteiger partial charge in [-0.15, -0.1) is 5.10 Å². The predicted octanol–water partition coefficient (Wildman–Crippen LogP) is 1.05. The van der Waals surface area contributed by atoms with Crippen molar-refractivity contribution in [2.24, 2.45) is 0 Å². The number of nitrogens with zero attached hydrogens (tertiary/aromatic N) is 4. The molecule has 0 saturated heterocycles. The highest BCUT2D eigenvalue weighted by molar-refractivity contribution is 5.30. The van der Waals surface area contributed by atoms with E-state index in [9.17, 15) is 0 Å². The maximum absolute atomic E-state index is 8.74. The Morgan fingerprint density at radius 3 is 2.92 bits per heavy atom. The number of aryl methyl sites for hydroxylation is 1. The number of hydrogen-bond acceptors (Lipinski definition) is 3. The van der Waals surface area contributed by atoms with E-state index in [0.717, 1.165) is 12.2 Å². The summed E-state index contributed by atoms with van der Waals surface area (Å²) >= 11 is 0. The lowest BCUT2D eigenvalue weighted by molar-refractivity contribution is 0.598. The maximum atomic E-state index is 8.74. The van der Waals surface area contributed by atoms with Crippen molar-refractivity contribution in [3.63, 3.8) is 0 Å². The third kappa shape index (κ3) is 0.981. The van der Waals surface area contributed by atoms with Gasteiger partial charge in [0.25, 0.3) is 0 Å². The molecule has 0 atom stereocenters. The second-order valence-electron chi connectivity index (χ2n) is 3.03. The fourth-order valence-corrected chi connectivity index (χ4v) is 1.39. The normalized spacial score (nSPS) is 16.0. The van der Waals surface area contributed by atoms with Crippen molar-refractivity contribution in [3.8, 4) is 6.07 Å². The van der Waals surface area contributed by atoms with Gasteiger partial charge in [0.15, 0.2) is 5.69 Å². The molecule has 0 radical (unpaired) electrons. The first-order valence-corrected chi connectivity index (χ1v) is 4.20. The molecule has 4 nitrogen and oxygen atoms in total. The quantitative estimate of drug-likeness (QED) is 0.653. The van der Waals surface area contributed by atoms with Gasteiger partial charge in [-0.25, -0.2) is 4.68 Å². The zero-order valence-corrected chi connectivity index (χ0v) is 6.99. The number of hydrogen-bond donors (Lipinski definition) is 0. The van der Waals surface area contributed by atoms with Gasteiger partial charge < -0.3 is 0 Å². The zero-order chi connectivity index (χ0) is 8.55. The summed E-state index contributed by atoms with van der Waals surface area (Å²) in [6.45, 7) is 2.82. The highest BCUT2D eigenvalue weighted by Gasteiger charge is 2.30. The summed E-state index contributed by atoms with van der Waals surface area (Å²) in [7, 11) is 0. The van der Waals surface area contributed by atoms with E-state index in [1.54, 1.807) is 0 Å². The minimum Gasteiger partial charge on any atom is -0.248 e. The van der Waals surface area contributed by atoms with E-state index in [-0.39, 0.29) is 0 Å². The van der Waals surface area contributed by atoms with Gasteiger partial charge in [-0.3, -0.25) is 0 Å². The van der Waals surface area contributed by atoms with Crippen molar-refractivity contribution in [3.05, 3.63) is 11.4 Å². The molecule has 1 saturated carbocycles.